The average molecular weight is 198 g/mol. The third kappa shape index (κ3) is 1.97. The third-order valence-electron chi connectivity index (χ3n) is 1.88. The summed E-state index contributed by atoms with van der Waals surface area (Å²) < 4.78 is 26.0. The van der Waals surface area contributed by atoms with Gasteiger partial charge in [0.15, 0.2) is 17.4 Å². The fraction of sp³-hybridized carbons (Fsp3) is 0.364. The number of ketones is 1. The number of carbonyl (C=O) groups excluding carboxylic acids is 1. The maximum absolute atomic E-state index is 13.2. The normalized spacial score (nSPS) is 11.5. The lowest BCUT2D eigenvalue weighted by atomic mass is 9.86. The Balaban J connectivity index is 3.21. The molecule has 0 atom stereocenters. The molecule has 1 aromatic carbocycles. The maximum atomic E-state index is 13.2. The Kier molecular flexibility index (Phi) is 2.69. The van der Waals surface area contributed by atoms with E-state index in [-0.39, 0.29) is 5.56 Å². The monoisotopic (exact) mass is 198 g/mol. The number of benzene rings is 1. The van der Waals surface area contributed by atoms with Gasteiger partial charge in [-0.2, -0.15) is 0 Å². The molecule has 76 valence electrons. The highest BCUT2D eigenvalue weighted by Crippen LogP contribution is 2.23. The van der Waals surface area contributed by atoms with Crippen LogP contribution in [0.15, 0.2) is 18.2 Å². The molecule has 0 aliphatic carbocycles. The molecular weight excluding hydrogens is 186 g/mol. The van der Waals surface area contributed by atoms with Crippen molar-refractivity contribution in [3.8, 4) is 0 Å². The zero-order valence-electron chi connectivity index (χ0n) is 8.40. The second kappa shape index (κ2) is 3.48. The molecule has 0 unspecified atom stereocenters. The number of rotatable bonds is 1. The highest BCUT2D eigenvalue weighted by molar-refractivity contribution is 5.99. The summed E-state index contributed by atoms with van der Waals surface area (Å²) in [5.74, 6) is -2.44. The highest BCUT2D eigenvalue weighted by atomic mass is 19.2. The molecule has 0 bridgehead atoms. The molecule has 0 N–H and O–H groups in total. The van der Waals surface area contributed by atoms with Crippen molar-refractivity contribution < 1.29 is 13.6 Å². The number of halogens is 2. The van der Waals surface area contributed by atoms with E-state index in [2.05, 4.69) is 0 Å². The predicted molar refractivity (Wildman–Crippen MR) is 50.1 cm³/mol. The van der Waals surface area contributed by atoms with Crippen LogP contribution in [0.4, 0.5) is 8.78 Å². The van der Waals surface area contributed by atoms with Crippen LogP contribution >= 0.6 is 0 Å². The topological polar surface area (TPSA) is 17.1 Å². The molecule has 0 aliphatic rings. The lowest BCUT2D eigenvalue weighted by Gasteiger charge is -2.16. The van der Waals surface area contributed by atoms with Gasteiger partial charge in [0.1, 0.15) is 0 Å². The van der Waals surface area contributed by atoms with Gasteiger partial charge in [-0.1, -0.05) is 26.8 Å². The first-order valence-electron chi connectivity index (χ1n) is 4.33. The number of hydrogen-bond acceptors (Lipinski definition) is 1. The number of Topliss-reactive ketones (excluding diaryl/α,β-unsaturated/α-hetero) is 1. The van der Waals surface area contributed by atoms with E-state index in [9.17, 15) is 13.6 Å². The van der Waals surface area contributed by atoms with Gasteiger partial charge >= 0.3 is 0 Å². The fourth-order valence-electron chi connectivity index (χ4n) is 1.08. The zero-order valence-corrected chi connectivity index (χ0v) is 8.40. The van der Waals surface area contributed by atoms with Crippen molar-refractivity contribution in [3.63, 3.8) is 0 Å². The Morgan fingerprint density at radius 2 is 1.79 bits per heavy atom. The van der Waals surface area contributed by atoms with Crippen LogP contribution in [0.5, 0.6) is 0 Å². The SMILES string of the molecule is CC(C)(C)C(=O)c1cccc(F)c1F. The Bertz CT molecular complexity index is 364. The van der Waals surface area contributed by atoms with Gasteiger partial charge in [-0.05, 0) is 12.1 Å². The lowest BCUT2D eigenvalue weighted by molar-refractivity contribution is 0.0853. The summed E-state index contributed by atoms with van der Waals surface area (Å²) in [5.41, 5.74) is -0.883. The predicted octanol–water partition coefficient (Wildman–Crippen LogP) is 3.19. The molecule has 0 spiro atoms. The van der Waals surface area contributed by atoms with Crippen LogP contribution in [0.2, 0.25) is 0 Å². The molecule has 0 aromatic heterocycles. The summed E-state index contributed by atoms with van der Waals surface area (Å²) in [6, 6.07) is 3.62. The lowest BCUT2D eigenvalue weighted by Crippen LogP contribution is -2.21. The largest absolute Gasteiger partial charge is 0.293 e. The minimum atomic E-state index is -1.06. The Morgan fingerprint density at radius 1 is 1.21 bits per heavy atom. The van der Waals surface area contributed by atoms with Gasteiger partial charge in [-0.15, -0.1) is 0 Å². The van der Waals surface area contributed by atoms with Crippen molar-refractivity contribution >= 4 is 5.78 Å². The fourth-order valence-corrected chi connectivity index (χ4v) is 1.08. The van der Waals surface area contributed by atoms with E-state index in [0.717, 1.165) is 6.07 Å². The summed E-state index contributed by atoms with van der Waals surface area (Å²) in [7, 11) is 0. The molecule has 0 aliphatic heterocycles. The van der Waals surface area contributed by atoms with Gasteiger partial charge in [0.2, 0.25) is 0 Å². The van der Waals surface area contributed by atoms with Crippen LogP contribution in [0.1, 0.15) is 31.1 Å². The summed E-state index contributed by atoms with van der Waals surface area (Å²) >= 11 is 0. The van der Waals surface area contributed by atoms with Crippen LogP contribution in [0.3, 0.4) is 0 Å². The summed E-state index contributed by atoms with van der Waals surface area (Å²) in [4.78, 5) is 11.6. The quantitative estimate of drug-likeness (QED) is 0.633. The number of carbonyl (C=O) groups is 1. The van der Waals surface area contributed by atoms with E-state index in [4.69, 9.17) is 0 Å². The van der Waals surface area contributed by atoms with E-state index in [0.29, 0.717) is 0 Å². The van der Waals surface area contributed by atoms with Crippen LogP contribution in [-0.2, 0) is 0 Å². The van der Waals surface area contributed by atoms with Crippen molar-refractivity contribution in [2.45, 2.75) is 20.8 Å². The van der Waals surface area contributed by atoms with Gasteiger partial charge in [-0.25, -0.2) is 8.78 Å². The van der Waals surface area contributed by atoms with Crippen LogP contribution in [-0.4, -0.2) is 5.78 Å². The van der Waals surface area contributed by atoms with Gasteiger partial charge in [-0.3, -0.25) is 4.79 Å². The van der Waals surface area contributed by atoms with E-state index >= 15 is 0 Å². The Hall–Kier alpha value is -1.25. The van der Waals surface area contributed by atoms with E-state index < -0.39 is 22.8 Å². The minimum Gasteiger partial charge on any atom is -0.293 e. The first-order chi connectivity index (χ1) is 6.34. The second-order valence-electron chi connectivity index (χ2n) is 4.18. The molecule has 0 saturated heterocycles. The zero-order chi connectivity index (χ0) is 10.9. The summed E-state index contributed by atoms with van der Waals surface area (Å²) in [5, 5.41) is 0. The highest BCUT2D eigenvalue weighted by Gasteiger charge is 2.26. The average Bonchev–Trinajstić information content (AvgIpc) is 2.07. The van der Waals surface area contributed by atoms with Gasteiger partial charge in [0, 0.05) is 5.41 Å². The van der Waals surface area contributed by atoms with Gasteiger partial charge in [0.05, 0.1) is 5.56 Å². The van der Waals surface area contributed by atoms with E-state index in [1.807, 2.05) is 0 Å². The third-order valence-corrected chi connectivity index (χ3v) is 1.88. The molecule has 0 amide bonds. The smallest absolute Gasteiger partial charge is 0.171 e. The molecule has 0 heterocycles. The Labute approximate surface area is 81.7 Å². The molecular formula is C11H12F2O. The van der Waals surface area contributed by atoms with Crippen LogP contribution < -0.4 is 0 Å². The first kappa shape index (κ1) is 10.8. The summed E-state index contributed by atoms with van der Waals surface area (Å²) in [6.45, 7) is 5.00. The van der Waals surface area contributed by atoms with Crippen molar-refractivity contribution in [1.29, 1.82) is 0 Å². The molecule has 3 heteroatoms. The van der Waals surface area contributed by atoms with Crippen molar-refractivity contribution in [3.05, 3.63) is 35.4 Å². The van der Waals surface area contributed by atoms with Crippen molar-refractivity contribution in [2.75, 3.05) is 0 Å². The molecule has 0 saturated carbocycles. The second-order valence-corrected chi connectivity index (χ2v) is 4.18. The molecule has 1 rings (SSSR count). The van der Waals surface area contributed by atoms with Gasteiger partial charge in [0.25, 0.3) is 0 Å². The molecule has 0 fully saturated rings. The number of hydrogen-bond donors (Lipinski definition) is 0. The maximum Gasteiger partial charge on any atom is 0.171 e. The minimum absolute atomic E-state index is 0.183. The Morgan fingerprint density at radius 3 is 2.29 bits per heavy atom. The van der Waals surface area contributed by atoms with E-state index in [1.54, 1.807) is 20.8 Å². The molecule has 14 heavy (non-hydrogen) atoms. The van der Waals surface area contributed by atoms with Crippen LogP contribution in [0.25, 0.3) is 0 Å². The molecule has 1 nitrogen and oxygen atoms in total. The summed E-state index contributed by atoms with van der Waals surface area (Å²) in [6.07, 6.45) is 0. The van der Waals surface area contributed by atoms with Crippen LogP contribution in [0, 0.1) is 17.0 Å². The van der Waals surface area contributed by atoms with Gasteiger partial charge < -0.3 is 0 Å². The standard InChI is InChI=1S/C11H12F2O/c1-11(2,3)10(14)7-5-4-6-8(12)9(7)13/h4-6H,1-3H3. The first-order valence-corrected chi connectivity index (χ1v) is 4.33. The molecule has 1 aromatic rings. The van der Waals surface area contributed by atoms with E-state index in [1.165, 1.54) is 12.1 Å². The molecule has 0 radical (unpaired) electrons. The van der Waals surface area contributed by atoms with Crippen molar-refractivity contribution in [2.24, 2.45) is 5.41 Å². The van der Waals surface area contributed by atoms with Crippen molar-refractivity contribution in [1.82, 2.24) is 0 Å².